The SMILES string of the molecule is C=CCN(CC(=O)Nc1cc(OC)c(OC)c(OC)c1)S(=O)(=O)c1cccc(C(F)(F)F)c1. The lowest BCUT2D eigenvalue weighted by atomic mass is 10.2. The lowest BCUT2D eigenvalue weighted by Crippen LogP contribution is -2.38. The Morgan fingerprint density at radius 3 is 2.18 bits per heavy atom. The summed E-state index contributed by atoms with van der Waals surface area (Å²) in [6.45, 7) is 2.47. The number of methoxy groups -OCH3 is 3. The number of carbonyl (C=O) groups excluding carboxylic acids is 1. The highest BCUT2D eigenvalue weighted by atomic mass is 32.2. The average Bonchev–Trinajstić information content (AvgIpc) is 2.77. The van der Waals surface area contributed by atoms with Crippen LogP contribution in [0.1, 0.15) is 5.56 Å². The molecular weight excluding hydrogens is 465 g/mol. The van der Waals surface area contributed by atoms with Gasteiger partial charge in [-0.1, -0.05) is 12.1 Å². The van der Waals surface area contributed by atoms with Gasteiger partial charge in [-0.3, -0.25) is 4.79 Å². The summed E-state index contributed by atoms with van der Waals surface area (Å²) in [5, 5.41) is 2.52. The Labute approximate surface area is 189 Å². The Kier molecular flexibility index (Phi) is 8.34. The molecule has 2 rings (SSSR count). The highest BCUT2D eigenvalue weighted by Crippen LogP contribution is 2.40. The van der Waals surface area contributed by atoms with E-state index in [9.17, 15) is 26.4 Å². The van der Waals surface area contributed by atoms with Gasteiger partial charge >= 0.3 is 6.18 Å². The maximum atomic E-state index is 13.0. The van der Waals surface area contributed by atoms with Crippen LogP contribution in [-0.4, -0.2) is 53.0 Å². The Morgan fingerprint density at radius 1 is 1.09 bits per heavy atom. The maximum Gasteiger partial charge on any atom is 0.416 e. The van der Waals surface area contributed by atoms with E-state index in [1.54, 1.807) is 0 Å². The van der Waals surface area contributed by atoms with E-state index in [1.165, 1.54) is 39.5 Å². The third kappa shape index (κ3) is 6.17. The van der Waals surface area contributed by atoms with Gasteiger partial charge in [-0.05, 0) is 18.2 Å². The lowest BCUT2D eigenvalue weighted by molar-refractivity contribution is -0.137. The summed E-state index contributed by atoms with van der Waals surface area (Å²) in [7, 11) is -0.260. The molecule has 0 unspecified atom stereocenters. The van der Waals surface area contributed by atoms with Crippen molar-refractivity contribution >= 4 is 21.6 Å². The number of sulfonamides is 1. The van der Waals surface area contributed by atoms with Crippen LogP contribution in [0.25, 0.3) is 0 Å². The zero-order valence-corrected chi connectivity index (χ0v) is 18.9. The zero-order chi connectivity index (χ0) is 24.8. The summed E-state index contributed by atoms with van der Waals surface area (Å²) in [4.78, 5) is 12.0. The quantitative estimate of drug-likeness (QED) is 0.514. The van der Waals surface area contributed by atoms with Gasteiger partial charge in [0.2, 0.25) is 21.7 Å². The fourth-order valence-electron chi connectivity index (χ4n) is 2.89. The van der Waals surface area contributed by atoms with Gasteiger partial charge in [0.15, 0.2) is 11.5 Å². The van der Waals surface area contributed by atoms with E-state index < -0.39 is 39.1 Å². The summed E-state index contributed by atoms with van der Waals surface area (Å²) in [5.74, 6) is 0.0541. The number of halogens is 3. The molecular formula is C21H23F3N2O6S. The van der Waals surface area contributed by atoms with Crippen LogP contribution in [0.5, 0.6) is 17.2 Å². The number of rotatable bonds is 10. The van der Waals surface area contributed by atoms with Crippen molar-refractivity contribution in [2.75, 3.05) is 39.7 Å². The molecule has 1 amide bonds. The van der Waals surface area contributed by atoms with Crippen molar-refractivity contribution in [2.45, 2.75) is 11.1 Å². The molecule has 0 radical (unpaired) electrons. The number of ether oxygens (including phenoxy) is 3. The van der Waals surface area contributed by atoms with Crippen LogP contribution in [0.3, 0.4) is 0 Å². The molecule has 0 atom stereocenters. The van der Waals surface area contributed by atoms with Gasteiger partial charge in [-0.25, -0.2) is 8.42 Å². The molecule has 1 N–H and O–H groups in total. The van der Waals surface area contributed by atoms with Crippen LogP contribution in [-0.2, 0) is 21.0 Å². The first-order valence-corrected chi connectivity index (χ1v) is 10.8. The van der Waals surface area contributed by atoms with E-state index in [0.717, 1.165) is 18.2 Å². The first kappa shape index (κ1) is 26.0. The predicted molar refractivity (Wildman–Crippen MR) is 115 cm³/mol. The summed E-state index contributed by atoms with van der Waals surface area (Å²) in [5.41, 5.74) is -0.895. The van der Waals surface area contributed by atoms with Crippen molar-refractivity contribution in [1.82, 2.24) is 4.31 Å². The molecule has 2 aromatic rings. The second-order valence-corrected chi connectivity index (χ2v) is 8.51. The summed E-state index contributed by atoms with van der Waals surface area (Å²) >= 11 is 0. The highest BCUT2D eigenvalue weighted by Gasteiger charge is 2.33. The smallest absolute Gasteiger partial charge is 0.416 e. The van der Waals surface area contributed by atoms with Gasteiger partial charge in [0, 0.05) is 24.4 Å². The number of carbonyl (C=O) groups is 1. The molecule has 0 spiro atoms. The highest BCUT2D eigenvalue weighted by molar-refractivity contribution is 7.89. The Bertz CT molecular complexity index is 1090. The fourth-order valence-corrected chi connectivity index (χ4v) is 4.30. The third-order valence-electron chi connectivity index (χ3n) is 4.40. The van der Waals surface area contributed by atoms with Crippen LogP contribution in [0, 0.1) is 0 Å². The van der Waals surface area contributed by atoms with Gasteiger partial charge in [0.05, 0.1) is 38.3 Å². The Balaban J connectivity index is 2.31. The van der Waals surface area contributed by atoms with Gasteiger partial charge in [-0.15, -0.1) is 6.58 Å². The van der Waals surface area contributed by atoms with E-state index in [-0.39, 0.29) is 23.7 Å². The predicted octanol–water partition coefficient (Wildman–Crippen LogP) is 3.55. The molecule has 2 aromatic carbocycles. The van der Waals surface area contributed by atoms with E-state index in [0.29, 0.717) is 16.1 Å². The van der Waals surface area contributed by atoms with E-state index in [4.69, 9.17) is 14.2 Å². The zero-order valence-electron chi connectivity index (χ0n) is 18.1. The normalized spacial score (nSPS) is 11.7. The van der Waals surface area contributed by atoms with Crippen molar-refractivity contribution in [3.05, 3.63) is 54.6 Å². The van der Waals surface area contributed by atoms with E-state index in [2.05, 4.69) is 11.9 Å². The molecule has 0 aliphatic heterocycles. The molecule has 33 heavy (non-hydrogen) atoms. The van der Waals surface area contributed by atoms with Crippen molar-refractivity contribution in [2.24, 2.45) is 0 Å². The first-order chi connectivity index (χ1) is 15.5. The van der Waals surface area contributed by atoms with Crippen LogP contribution >= 0.6 is 0 Å². The number of nitrogens with zero attached hydrogens (tertiary/aromatic N) is 1. The number of nitrogens with one attached hydrogen (secondary N) is 1. The van der Waals surface area contributed by atoms with E-state index in [1.807, 2.05) is 0 Å². The van der Waals surface area contributed by atoms with Gasteiger partial charge in [-0.2, -0.15) is 17.5 Å². The maximum absolute atomic E-state index is 13.0. The Hall–Kier alpha value is -3.25. The number of hydrogen-bond donors (Lipinski definition) is 1. The van der Waals surface area contributed by atoms with Crippen molar-refractivity contribution < 1.29 is 40.6 Å². The van der Waals surface area contributed by atoms with Crippen LogP contribution in [0.2, 0.25) is 0 Å². The van der Waals surface area contributed by atoms with E-state index >= 15 is 0 Å². The largest absolute Gasteiger partial charge is 0.493 e. The summed E-state index contributed by atoms with van der Waals surface area (Å²) in [6.07, 6.45) is -3.50. The third-order valence-corrected chi connectivity index (χ3v) is 6.21. The molecule has 0 aromatic heterocycles. The second kappa shape index (κ2) is 10.6. The minimum atomic E-state index is -4.72. The molecule has 0 aliphatic carbocycles. The fraction of sp³-hybridized carbons (Fsp3) is 0.286. The standard InChI is InChI=1S/C21H23F3N2O6S/c1-5-9-26(33(28,29)16-8-6-7-14(10-16)21(22,23)24)13-19(27)25-15-11-17(30-2)20(32-4)18(12-15)31-3/h5-8,10-12H,1,9,13H2,2-4H3,(H,25,27). The number of hydrogen-bond acceptors (Lipinski definition) is 6. The number of benzene rings is 2. The molecule has 0 heterocycles. The summed E-state index contributed by atoms with van der Waals surface area (Å²) < 4.78 is 81.3. The molecule has 0 saturated heterocycles. The topological polar surface area (TPSA) is 94.2 Å². The number of anilines is 1. The molecule has 180 valence electrons. The molecule has 12 heteroatoms. The van der Waals surface area contributed by atoms with Gasteiger partial charge < -0.3 is 19.5 Å². The Morgan fingerprint density at radius 2 is 1.70 bits per heavy atom. The molecule has 0 bridgehead atoms. The average molecular weight is 488 g/mol. The van der Waals surface area contributed by atoms with Gasteiger partial charge in [0.1, 0.15) is 0 Å². The van der Waals surface area contributed by atoms with Crippen molar-refractivity contribution in [3.8, 4) is 17.2 Å². The summed E-state index contributed by atoms with van der Waals surface area (Å²) in [6, 6.07) is 6.17. The van der Waals surface area contributed by atoms with Crippen LogP contribution in [0.15, 0.2) is 53.9 Å². The van der Waals surface area contributed by atoms with Gasteiger partial charge in [0.25, 0.3) is 0 Å². The first-order valence-electron chi connectivity index (χ1n) is 9.36. The number of alkyl halides is 3. The lowest BCUT2D eigenvalue weighted by Gasteiger charge is -2.21. The van der Waals surface area contributed by atoms with Crippen molar-refractivity contribution in [3.63, 3.8) is 0 Å². The van der Waals surface area contributed by atoms with Crippen LogP contribution < -0.4 is 19.5 Å². The monoisotopic (exact) mass is 488 g/mol. The molecule has 8 nitrogen and oxygen atoms in total. The minimum Gasteiger partial charge on any atom is -0.493 e. The second-order valence-electron chi connectivity index (χ2n) is 6.57. The van der Waals surface area contributed by atoms with Crippen LogP contribution in [0.4, 0.5) is 18.9 Å². The molecule has 0 fully saturated rings. The molecule has 0 aliphatic rings. The minimum absolute atomic E-state index is 0.226. The molecule has 0 saturated carbocycles. The van der Waals surface area contributed by atoms with Crippen molar-refractivity contribution in [1.29, 1.82) is 0 Å². The number of amides is 1.